The Morgan fingerprint density at radius 2 is 2.24 bits per heavy atom. The fourth-order valence-electron chi connectivity index (χ4n) is 2.00. The average molecular weight is 296 g/mol. The summed E-state index contributed by atoms with van der Waals surface area (Å²) < 4.78 is 5.08. The molecule has 0 aliphatic carbocycles. The first-order valence-electron chi connectivity index (χ1n) is 6.71. The lowest BCUT2D eigenvalue weighted by Crippen LogP contribution is -2.45. The summed E-state index contributed by atoms with van der Waals surface area (Å²) in [6.07, 6.45) is 0.672. The Morgan fingerprint density at radius 3 is 2.71 bits per heavy atom. The Kier molecular flexibility index (Phi) is 5.60. The van der Waals surface area contributed by atoms with Crippen LogP contribution in [0.3, 0.4) is 0 Å². The lowest BCUT2D eigenvalue weighted by atomic mass is 9.96. The maximum atomic E-state index is 11.8. The van der Waals surface area contributed by atoms with E-state index in [-0.39, 0.29) is 18.2 Å². The highest BCUT2D eigenvalue weighted by atomic mass is 16.6. The van der Waals surface area contributed by atoms with Crippen LogP contribution in [0.5, 0.6) is 0 Å². The number of alkyl carbamates (subject to hydrolysis) is 1. The van der Waals surface area contributed by atoms with Crippen LogP contribution in [0, 0.1) is 5.92 Å². The van der Waals surface area contributed by atoms with Crippen molar-refractivity contribution in [3.63, 3.8) is 0 Å². The van der Waals surface area contributed by atoms with Gasteiger partial charge in [-0.2, -0.15) is 4.79 Å². The van der Waals surface area contributed by atoms with Gasteiger partial charge in [0, 0.05) is 12.5 Å². The van der Waals surface area contributed by atoms with E-state index in [1.165, 1.54) is 0 Å². The van der Waals surface area contributed by atoms with Crippen LogP contribution in [0.15, 0.2) is 0 Å². The van der Waals surface area contributed by atoms with E-state index in [1.54, 1.807) is 20.8 Å². The standard InChI is InChI=1S/C13H20N4O4/c1-13(2,3)21-12(20)17-9(10(18)7-16-14)6-8-4-5-15-11(8)19/h7-9H,4-6H2,1-3H3,(H,15,19)(H,17,20). The number of carbonyl (C=O) groups excluding carboxylic acids is 3. The highest BCUT2D eigenvalue weighted by molar-refractivity contribution is 6.28. The summed E-state index contributed by atoms with van der Waals surface area (Å²) in [5, 5.41) is 5.07. The van der Waals surface area contributed by atoms with Gasteiger partial charge in [0.15, 0.2) is 0 Å². The Labute approximate surface area is 122 Å². The van der Waals surface area contributed by atoms with E-state index in [4.69, 9.17) is 10.3 Å². The van der Waals surface area contributed by atoms with Crippen molar-refractivity contribution in [2.45, 2.75) is 45.3 Å². The Balaban J connectivity index is 2.72. The van der Waals surface area contributed by atoms with E-state index >= 15 is 0 Å². The molecular weight excluding hydrogens is 276 g/mol. The summed E-state index contributed by atoms with van der Waals surface area (Å²) >= 11 is 0. The second kappa shape index (κ2) is 6.99. The summed E-state index contributed by atoms with van der Waals surface area (Å²) in [6, 6.07) is -0.968. The van der Waals surface area contributed by atoms with Gasteiger partial charge < -0.3 is 20.9 Å². The normalized spacial score (nSPS) is 19.2. The first kappa shape index (κ1) is 16.8. The molecule has 8 heteroatoms. The fourth-order valence-corrected chi connectivity index (χ4v) is 2.00. The molecule has 8 nitrogen and oxygen atoms in total. The number of ketones is 1. The van der Waals surface area contributed by atoms with Crippen molar-refractivity contribution >= 4 is 24.0 Å². The van der Waals surface area contributed by atoms with Crippen LogP contribution in [0.4, 0.5) is 4.79 Å². The van der Waals surface area contributed by atoms with Gasteiger partial charge in [-0.05, 0) is 33.6 Å². The van der Waals surface area contributed by atoms with Crippen LogP contribution >= 0.6 is 0 Å². The van der Waals surface area contributed by atoms with Crippen molar-refractivity contribution in [2.75, 3.05) is 6.54 Å². The molecule has 1 heterocycles. The van der Waals surface area contributed by atoms with E-state index < -0.39 is 23.5 Å². The molecule has 0 spiro atoms. The maximum absolute atomic E-state index is 11.8. The number of hydrogen-bond acceptors (Lipinski definition) is 4. The predicted octanol–water partition coefficient (Wildman–Crippen LogP) is 0.276. The minimum absolute atomic E-state index is 0.135. The molecule has 1 fully saturated rings. The van der Waals surface area contributed by atoms with Crippen LogP contribution in [0.1, 0.15) is 33.6 Å². The molecular formula is C13H20N4O4. The number of amides is 2. The number of rotatable bonds is 5. The molecule has 1 aliphatic heterocycles. The van der Waals surface area contributed by atoms with Gasteiger partial charge in [0.05, 0.1) is 0 Å². The zero-order valence-electron chi connectivity index (χ0n) is 12.4. The second-order valence-electron chi connectivity index (χ2n) is 5.86. The zero-order valence-corrected chi connectivity index (χ0v) is 12.4. The van der Waals surface area contributed by atoms with Crippen molar-refractivity contribution in [1.29, 1.82) is 0 Å². The van der Waals surface area contributed by atoms with Crippen LogP contribution in [0.25, 0.3) is 5.53 Å². The number of hydrogen-bond donors (Lipinski definition) is 2. The van der Waals surface area contributed by atoms with Crippen LogP contribution in [-0.4, -0.2) is 47.0 Å². The predicted molar refractivity (Wildman–Crippen MR) is 73.6 cm³/mol. The molecule has 116 valence electrons. The molecule has 21 heavy (non-hydrogen) atoms. The molecule has 1 rings (SSSR count). The van der Waals surface area contributed by atoms with E-state index in [9.17, 15) is 14.4 Å². The first-order chi connectivity index (χ1) is 9.73. The third-order valence-electron chi connectivity index (χ3n) is 2.90. The van der Waals surface area contributed by atoms with E-state index in [1.807, 2.05) is 0 Å². The van der Waals surface area contributed by atoms with Crippen molar-refractivity contribution in [3.8, 4) is 0 Å². The summed E-state index contributed by atoms with van der Waals surface area (Å²) in [4.78, 5) is 37.8. The van der Waals surface area contributed by atoms with E-state index in [0.717, 1.165) is 0 Å². The molecule has 2 atom stereocenters. The summed E-state index contributed by atoms with van der Waals surface area (Å²) in [5.41, 5.74) is 7.74. The number of nitrogens with one attached hydrogen (secondary N) is 2. The maximum Gasteiger partial charge on any atom is 0.408 e. The SMILES string of the molecule is CC(C)(C)OC(=O)NC(CC1CCNC1=O)C(=O)C=[N+]=[N-]. The van der Waals surface area contributed by atoms with Crippen LogP contribution in [-0.2, 0) is 14.3 Å². The molecule has 1 aliphatic rings. The topological polar surface area (TPSA) is 121 Å². The molecule has 1 saturated heterocycles. The van der Waals surface area contributed by atoms with E-state index in [0.29, 0.717) is 19.2 Å². The van der Waals surface area contributed by atoms with E-state index in [2.05, 4.69) is 15.4 Å². The molecule has 0 aromatic rings. The molecule has 0 saturated carbocycles. The van der Waals surface area contributed by atoms with Gasteiger partial charge in [0.2, 0.25) is 5.91 Å². The summed E-state index contributed by atoms with van der Waals surface area (Å²) in [7, 11) is 0. The quantitative estimate of drug-likeness (QED) is 0.430. The number of carbonyl (C=O) groups is 3. The van der Waals surface area contributed by atoms with Crippen molar-refractivity contribution in [2.24, 2.45) is 5.92 Å². The molecule has 2 amide bonds. The van der Waals surface area contributed by atoms with Crippen LogP contribution < -0.4 is 10.6 Å². The molecule has 2 unspecified atom stereocenters. The lowest BCUT2D eigenvalue weighted by Gasteiger charge is -2.22. The minimum Gasteiger partial charge on any atom is -0.444 e. The van der Waals surface area contributed by atoms with Crippen molar-refractivity contribution in [1.82, 2.24) is 10.6 Å². The highest BCUT2D eigenvalue weighted by Crippen LogP contribution is 2.17. The molecule has 0 aromatic carbocycles. The Hall–Kier alpha value is -2.21. The lowest BCUT2D eigenvalue weighted by molar-refractivity contribution is -0.123. The Bertz CT molecular complexity index is 477. The summed E-state index contributed by atoms with van der Waals surface area (Å²) in [5.74, 6) is -1.11. The van der Waals surface area contributed by atoms with Gasteiger partial charge in [0.25, 0.3) is 5.78 Å². The Morgan fingerprint density at radius 1 is 1.57 bits per heavy atom. The smallest absolute Gasteiger partial charge is 0.408 e. The van der Waals surface area contributed by atoms with Gasteiger partial charge in [-0.25, -0.2) is 4.79 Å². The molecule has 0 bridgehead atoms. The highest BCUT2D eigenvalue weighted by Gasteiger charge is 2.32. The van der Waals surface area contributed by atoms with Gasteiger partial charge in [-0.15, -0.1) is 0 Å². The number of nitrogens with zero attached hydrogens (tertiary/aromatic N) is 2. The minimum atomic E-state index is -0.968. The third-order valence-corrected chi connectivity index (χ3v) is 2.90. The van der Waals surface area contributed by atoms with Gasteiger partial charge in [0.1, 0.15) is 11.6 Å². The average Bonchev–Trinajstić information content (AvgIpc) is 2.72. The van der Waals surface area contributed by atoms with Gasteiger partial charge in [-0.3, -0.25) is 9.59 Å². The molecule has 0 radical (unpaired) electrons. The van der Waals surface area contributed by atoms with Gasteiger partial charge >= 0.3 is 12.3 Å². The van der Waals surface area contributed by atoms with Crippen molar-refractivity contribution in [3.05, 3.63) is 5.53 Å². The van der Waals surface area contributed by atoms with Gasteiger partial charge in [-0.1, -0.05) is 0 Å². The number of ether oxygens (including phenoxy) is 1. The fraction of sp³-hybridized carbons (Fsp3) is 0.692. The molecule has 2 N–H and O–H groups in total. The largest absolute Gasteiger partial charge is 0.444 e. The zero-order chi connectivity index (χ0) is 16.0. The molecule has 0 aromatic heterocycles. The number of Topliss-reactive ketones (excluding diaryl/α,β-unsaturated/α-hetero) is 1. The third kappa shape index (κ3) is 5.74. The first-order valence-corrected chi connectivity index (χ1v) is 6.71. The second-order valence-corrected chi connectivity index (χ2v) is 5.86. The van der Waals surface area contributed by atoms with Crippen LogP contribution in [0.2, 0.25) is 0 Å². The van der Waals surface area contributed by atoms with Crippen molar-refractivity contribution < 1.29 is 23.9 Å². The summed E-state index contributed by atoms with van der Waals surface area (Å²) in [6.45, 7) is 5.64. The monoisotopic (exact) mass is 296 g/mol.